The van der Waals surface area contributed by atoms with Gasteiger partial charge in [0.05, 0.1) is 11.5 Å². The maximum atomic E-state index is 11.7. The number of nitrogens with one attached hydrogen (secondary N) is 3. The van der Waals surface area contributed by atoms with Gasteiger partial charge in [0.25, 0.3) is 0 Å². The molecule has 2 fully saturated rings. The van der Waals surface area contributed by atoms with Crippen molar-refractivity contribution in [1.82, 2.24) is 16.0 Å². The first-order valence-electron chi connectivity index (χ1n) is 7.99. The van der Waals surface area contributed by atoms with Crippen LogP contribution in [0.25, 0.3) is 0 Å². The minimum atomic E-state index is -2.99. The molecule has 22 heavy (non-hydrogen) atoms. The van der Waals surface area contributed by atoms with Crippen LogP contribution in [0.4, 0.5) is 4.79 Å². The number of hydrogen-bond acceptors (Lipinski definition) is 4. The molecule has 1 heterocycles. The Kier molecular flexibility index (Phi) is 6.05. The average Bonchev–Trinajstić information content (AvgIpc) is 2.79. The van der Waals surface area contributed by atoms with Crippen LogP contribution in [0, 0.1) is 0 Å². The predicted molar refractivity (Wildman–Crippen MR) is 83.2 cm³/mol. The maximum Gasteiger partial charge on any atom is 0.315 e. The summed E-state index contributed by atoms with van der Waals surface area (Å²) < 4.78 is 22.6. The van der Waals surface area contributed by atoms with Gasteiger partial charge < -0.3 is 16.0 Å². The highest BCUT2D eigenvalue weighted by Gasteiger charge is 2.28. The van der Waals surface area contributed by atoms with Crippen molar-refractivity contribution in [3.8, 4) is 0 Å². The molecular formula is C14H25N3O4S. The van der Waals surface area contributed by atoms with Gasteiger partial charge in [0.15, 0.2) is 9.84 Å². The highest BCUT2D eigenvalue weighted by atomic mass is 32.2. The highest BCUT2D eigenvalue weighted by Crippen LogP contribution is 2.17. The topological polar surface area (TPSA) is 104 Å². The van der Waals surface area contributed by atoms with E-state index in [0.29, 0.717) is 6.42 Å². The number of rotatable bonds is 5. The molecule has 2 aliphatic rings. The number of carbonyl (C=O) groups excluding carboxylic acids is 2. The van der Waals surface area contributed by atoms with E-state index in [1.54, 1.807) is 0 Å². The largest absolute Gasteiger partial charge is 0.352 e. The van der Waals surface area contributed by atoms with Crippen molar-refractivity contribution in [3.05, 3.63) is 0 Å². The number of urea groups is 1. The molecule has 0 bridgehead atoms. The molecule has 1 saturated carbocycles. The van der Waals surface area contributed by atoms with Crippen LogP contribution in [0.1, 0.15) is 44.9 Å². The van der Waals surface area contributed by atoms with E-state index in [1.165, 1.54) is 6.42 Å². The number of sulfone groups is 1. The Morgan fingerprint density at radius 2 is 1.68 bits per heavy atom. The van der Waals surface area contributed by atoms with Crippen molar-refractivity contribution in [2.45, 2.75) is 57.0 Å². The molecular weight excluding hydrogens is 306 g/mol. The monoisotopic (exact) mass is 331 g/mol. The van der Waals surface area contributed by atoms with Gasteiger partial charge in [-0.2, -0.15) is 0 Å². The van der Waals surface area contributed by atoms with Gasteiger partial charge in [0, 0.05) is 25.0 Å². The van der Waals surface area contributed by atoms with Crippen LogP contribution in [0.5, 0.6) is 0 Å². The van der Waals surface area contributed by atoms with Crippen LogP contribution in [0.3, 0.4) is 0 Å². The lowest BCUT2D eigenvalue weighted by Gasteiger charge is -2.22. The van der Waals surface area contributed by atoms with Crippen LogP contribution in [0.15, 0.2) is 0 Å². The summed E-state index contributed by atoms with van der Waals surface area (Å²) in [7, 11) is -2.99. The van der Waals surface area contributed by atoms with E-state index in [2.05, 4.69) is 16.0 Å². The summed E-state index contributed by atoms with van der Waals surface area (Å²) in [6, 6.07) is -0.275. The van der Waals surface area contributed by atoms with Gasteiger partial charge in [-0.1, -0.05) is 19.3 Å². The fourth-order valence-corrected chi connectivity index (χ4v) is 4.65. The molecule has 0 aromatic heterocycles. The standard InChI is InChI=1S/C14H25N3O4S/c18-13(16-12-7-9-22(20,21)10-12)6-8-15-14(19)17-11-4-2-1-3-5-11/h11-12H,1-10H2,(H,16,18)(H2,15,17,19). The van der Waals surface area contributed by atoms with Gasteiger partial charge in [-0.3, -0.25) is 4.79 Å². The van der Waals surface area contributed by atoms with E-state index in [9.17, 15) is 18.0 Å². The predicted octanol–water partition coefficient (Wildman–Crippen LogP) is 0.312. The second-order valence-electron chi connectivity index (χ2n) is 6.15. The third-order valence-corrected chi connectivity index (χ3v) is 5.94. The lowest BCUT2D eigenvalue weighted by molar-refractivity contribution is -0.121. The van der Waals surface area contributed by atoms with E-state index in [-0.39, 0.29) is 48.5 Å². The minimum Gasteiger partial charge on any atom is -0.352 e. The van der Waals surface area contributed by atoms with Crippen molar-refractivity contribution in [2.24, 2.45) is 0 Å². The lowest BCUT2D eigenvalue weighted by atomic mass is 9.96. The van der Waals surface area contributed by atoms with Gasteiger partial charge in [0.2, 0.25) is 5.91 Å². The van der Waals surface area contributed by atoms with E-state index in [0.717, 1.165) is 25.7 Å². The Labute approximate surface area is 131 Å². The van der Waals surface area contributed by atoms with Gasteiger partial charge in [-0.15, -0.1) is 0 Å². The molecule has 2 rings (SSSR count). The molecule has 7 nitrogen and oxygen atoms in total. The summed E-state index contributed by atoms with van der Waals surface area (Å²) in [5, 5.41) is 8.29. The zero-order valence-corrected chi connectivity index (χ0v) is 13.6. The summed E-state index contributed by atoms with van der Waals surface area (Å²) in [5.41, 5.74) is 0. The quantitative estimate of drug-likeness (QED) is 0.674. The van der Waals surface area contributed by atoms with Crippen molar-refractivity contribution in [1.29, 1.82) is 0 Å². The average molecular weight is 331 g/mol. The third-order valence-electron chi connectivity index (χ3n) is 4.18. The third kappa shape index (κ3) is 5.82. The van der Waals surface area contributed by atoms with Crippen LogP contribution in [-0.4, -0.2) is 50.5 Å². The zero-order valence-electron chi connectivity index (χ0n) is 12.8. The van der Waals surface area contributed by atoms with Crippen LogP contribution in [0.2, 0.25) is 0 Å². The SMILES string of the molecule is O=C(CCNC(=O)NC1CCCCC1)NC1CCS(=O)(=O)C1. The molecule has 1 saturated heterocycles. The van der Waals surface area contributed by atoms with Crippen molar-refractivity contribution in [3.63, 3.8) is 0 Å². The van der Waals surface area contributed by atoms with Crippen molar-refractivity contribution < 1.29 is 18.0 Å². The molecule has 1 atom stereocenters. The first-order valence-corrected chi connectivity index (χ1v) is 9.81. The molecule has 3 amide bonds. The molecule has 0 aromatic rings. The van der Waals surface area contributed by atoms with E-state index < -0.39 is 9.84 Å². The molecule has 126 valence electrons. The molecule has 0 aromatic carbocycles. The summed E-state index contributed by atoms with van der Waals surface area (Å²) >= 11 is 0. The second-order valence-corrected chi connectivity index (χ2v) is 8.38. The smallest absolute Gasteiger partial charge is 0.315 e. The zero-order chi connectivity index (χ0) is 16.0. The van der Waals surface area contributed by atoms with Crippen LogP contribution >= 0.6 is 0 Å². The first-order chi connectivity index (χ1) is 10.4. The van der Waals surface area contributed by atoms with Crippen molar-refractivity contribution >= 4 is 21.8 Å². The Bertz CT molecular complexity index is 500. The number of amides is 3. The first kappa shape index (κ1) is 17.1. The Morgan fingerprint density at radius 3 is 2.32 bits per heavy atom. The lowest BCUT2D eigenvalue weighted by Crippen LogP contribution is -2.44. The molecule has 0 spiro atoms. The van der Waals surface area contributed by atoms with E-state index >= 15 is 0 Å². The molecule has 8 heteroatoms. The molecule has 1 aliphatic heterocycles. The Hall–Kier alpha value is -1.31. The summed E-state index contributed by atoms with van der Waals surface area (Å²) in [6.45, 7) is 0.254. The Balaban J connectivity index is 1.57. The van der Waals surface area contributed by atoms with Gasteiger partial charge >= 0.3 is 6.03 Å². The molecule has 0 radical (unpaired) electrons. The molecule has 1 unspecified atom stereocenters. The normalized spacial score (nSPS) is 24.6. The van der Waals surface area contributed by atoms with E-state index in [1.807, 2.05) is 0 Å². The summed E-state index contributed by atoms with van der Waals surface area (Å²) in [4.78, 5) is 23.4. The Morgan fingerprint density at radius 1 is 0.955 bits per heavy atom. The summed E-state index contributed by atoms with van der Waals surface area (Å²) in [5.74, 6) is -0.0611. The van der Waals surface area contributed by atoms with Crippen LogP contribution < -0.4 is 16.0 Å². The fourth-order valence-electron chi connectivity index (χ4n) is 2.98. The van der Waals surface area contributed by atoms with Gasteiger partial charge in [-0.25, -0.2) is 13.2 Å². The minimum absolute atomic E-state index is 0.0222. The van der Waals surface area contributed by atoms with E-state index in [4.69, 9.17) is 0 Å². The molecule has 3 N–H and O–H groups in total. The van der Waals surface area contributed by atoms with Gasteiger partial charge in [0.1, 0.15) is 0 Å². The number of hydrogen-bond donors (Lipinski definition) is 3. The van der Waals surface area contributed by atoms with Crippen LogP contribution in [-0.2, 0) is 14.6 Å². The number of carbonyl (C=O) groups is 2. The molecule has 1 aliphatic carbocycles. The second kappa shape index (κ2) is 7.80. The summed E-state index contributed by atoms with van der Waals surface area (Å²) in [6.07, 6.45) is 6.21. The van der Waals surface area contributed by atoms with Gasteiger partial charge in [-0.05, 0) is 19.3 Å². The van der Waals surface area contributed by atoms with Crippen molar-refractivity contribution in [2.75, 3.05) is 18.1 Å². The highest BCUT2D eigenvalue weighted by molar-refractivity contribution is 7.91. The fraction of sp³-hybridized carbons (Fsp3) is 0.857. The maximum absolute atomic E-state index is 11.7.